The smallest absolute Gasteiger partial charge is 0.415 e. The van der Waals surface area contributed by atoms with Gasteiger partial charge in [-0.05, 0) is 50.8 Å². The van der Waals surface area contributed by atoms with E-state index >= 15 is 0 Å². The van der Waals surface area contributed by atoms with E-state index in [0.29, 0.717) is 31.5 Å². The van der Waals surface area contributed by atoms with Crippen LogP contribution in [0.2, 0.25) is 0 Å². The summed E-state index contributed by atoms with van der Waals surface area (Å²) in [4.78, 5) is 39.3. The number of piperazine rings is 1. The molecule has 2 saturated heterocycles. The highest BCUT2D eigenvalue weighted by molar-refractivity contribution is 5.89. The molecule has 1 N–H and O–H groups in total. The highest BCUT2D eigenvalue weighted by atomic mass is 16.6. The zero-order chi connectivity index (χ0) is 27.4. The summed E-state index contributed by atoms with van der Waals surface area (Å²) in [6, 6.07) is 10.2. The summed E-state index contributed by atoms with van der Waals surface area (Å²) in [5.74, 6) is 1.25. The quantitative estimate of drug-likeness (QED) is 0.557. The Morgan fingerprint density at radius 2 is 1.79 bits per heavy atom. The fourth-order valence-electron chi connectivity index (χ4n) is 4.60. The molecule has 2 fully saturated rings. The van der Waals surface area contributed by atoms with Gasteiger partial charge in [0.2, 0.25) is 5.95 Å². The monoisotopic (exact) mass is 524 g/mol. The molecule has 10 heteroatoms. The molecule has 2 atom stereocenters. The number of hydrogen-bond donors (Lipinski definition) is 1. The Hall–Kier alpha value is -3.40. The second kappa shape index (κ2) is 11.6. The number of anilines is 2. The second-order valence-corrected chi connectivity index (χ2v) is 11.3. The molecule has 0 radical (unpaired) electrons. The fourth-order valence-corrected chi connectivity index (χ4v) is 4.60. The Morgan fingerprint density at radius 1 is 1.11 bits per heavy atom. The van der Waals surface area contributed by atoms with E-state index in [-0.39, 0.29) is 30.2 Å². The molecule has 0 spiro atoms. The zero-order valence-corrected chi connectivity index (χ0v) is 23.3. The number of cyclic esters (lactones) is 1. The minimum atomic E-state index is -0.477. The minimum absolute atomic E-state index is 0.0249. The standard InChI is InChI=1S/C28H40N6O4/c1-19(2)23-18-37-27(36)34(23)24-11-12-29-25(31-24)30-20(3)22-9-7-21(8-10-22)17-32-13-15-33(16-14-32)26(35)38-28(4,5)6/h7-12,19-20,23H,13-18H2,1-6H3,(H,29,30,31)/t20-,23+/m0/s1. The van der Waals surface area contributed by atoms with Crippen LogP contribution in [0.3, 0.4) is 0 Å². The highest BCUT2D eigenvalue weighted by Gasteiger charge is 2.37. The number of nitrogens with zero attached hydrogens (tertiary/aromatic N) is 5. The van der Waals surface area contributed by atoms with E-state index in [4.69, 9.17) is 9.47 Å². The number of nitrogens with one attached hydrogen (secondary N) is 1. The van der Waals surface area contributed by atoms with Gasteiger partial charge in [-0.25, -0.2) is 14.6 Å². The van der Waals surface area contributed by atoms with Gasteiger partial charge in [0.15, 0.2) is 0 Å². The van der Waals surface area contributed by atoms with Crippen molar-refractivity contribution in [1.82, 2.24) is 19.8 Å². The molecule has 10 nitrogen and oxygen atoms in total. The first-order valence-electron chi connectivity index (χ1n) is 13.3. The van der Waals surface area contributed by atoms with Gasteiger partial charge in [-0.1, -0.05) is 38.1 Å². The van der Waals surface area contributed by atoms with Crippen molar-refractivity contribution >= 4 is 24.0 Å². The van der Waals surface area contributed by atoms with E-state index < -0.39 is 5.60 Å². The predicted molar refractivity (Wildman–Crippen MR) is 146 cm³/mol. The number of carbonyl (C=O) groups excluding carboxylic acids is 2. The van der Waals surface area contributed by atoms with Crippen molar-refractivity contribution in [3.63, 3.8) is 0 Å². The van der Waals surface area contributed by atoms with Gasteiger partial charge < -0.3 is 19.7 Å². The van der Waals surface area contributed by atoms with Crippen molar-refractivity contribution in [1.29, 1.82) is 0 Å². The van der Waals surface area contributed by atoms with Gasteiger partial charge >= 0.3 is 12.2 Å². The molecular weight excluding hydrogens is 484 g/mol. The van der Waals surface area contributed by atoms with Crippen molar-refractivity contribution in [2.75, 3.05) is 43.0 Å². The summed E-state index contributed by atoms with van der Waals surface area (Å²) in [7, 11) is 0. The van der Waals surface area contributed by atoms with Crippen molar-refractivity contribution in [3.8, 4) is 0 Å². The van der Waals surface area contributed by atoms with Crippen LogP contribution in [0.15, 0.2) is 36.5 Å². The van der Waals surface area contributed by atoms with E-state index in [1.54, 1.807) is 22.1 Å². The van der Waals surface area contributed by atoms with E-state index in [1.165, 1.54) is 5.56 Å². The first-order valence-corrected chi connectivity index (χ1v) is 13.3. The summed E-state index contributed by atoms with van der Waals surface area (Å²) in [6.45, 7) is 16.0. The van der Waals surface area contributed by atoms with Gasteiger partial charge in [0, 0.05) is 38.9 Å². The van der Waals surface area contributed by atoms with Crippen LogP contribution >= 0.6 is 0 Å². The van der Waals surface area contributed by atoms with Crippen LogP contribution in [-0.4, -0.2) is 76.4 Å². The molecule has 0 unspecified atom stereocenters. The van der Waals surface area contributed by atoms with Gasteiger partial charge in [0.1, 0.15) is 18.0 Å². The normalized spacial score (nSPS) is 19.4. The molecule has 3 heterocycles. The van der Waals surface area contributed by atoms with Gasteiger partial charge in [-0.15, -0.1) is 0 Å². The maximum Gasteiger partial charge on any atom is 0.415 e. The summed E-state index contributed by atoms with van der Waals surface area (Å²) in [5, 5.41) is 3.35. The molecule has 0 saturated carbocycles. The number of amides is 2. The van der Waals surface area contributed by atoms with Crippen LogP contribution in [-0.2, 0) is 16.0 Å². The van der Waals surface area contributed by atoms with Crippen LogP contribution in [0.25, 0.3) is 0 Å². The van der Waals surface area contributed by atoms with E-state index in [0.717, 1.165) is 25.2 Å². The van der Waals surface area contributed by atoms with Crippen molar-refractivity contribution in [3.05, 3.63) is 47.7 Å². The Morgan fingerprint density at radius 3 is 2.42 bits per heavy atom. The summed E-state index contributed by atoms with van der Waals surface area (Å²) >= 11 is 0. The lowest BCUT2D eigenvalue weighted by Crippen LogP contribution is -2.49. The Labute approximate surface area is 225 Å². The summed E-state index contributed by atoms with van der Waals surface area (Å²) < 4.78 is 10.8. The molecule has 0 aliphatic carbocycles. The SMILES string of the molecule is CC(C)[C@H]1COC(=O)N1c1ccnc(N[C@@H](C)c2ccc(CN3CCN(C(=O)OC(C)(C)C)CC3)cc2)n1. The first kappa shape index (κ1) is 27.6. The fraction of sp³-hybridized carbons (Fsp3) is 0.571. The van der Waals surface area contributed by atoms with E-state index in [9.17, 15) is 9.59 Å². The maximum absolute atomic E-state index is 12.3. The van der Waals surface area contributed by atoms with Crippen LogP contribution in [0.5, 0.6) is 0 Å². The lowest BCUT2D eigenvalue weighted by molar-refractivity contribution is 0.0139. The van der Waals surface area contributed by atoms with E-state index in [2.05, 4.69) is 65.2 Å². The average Bonchev–Trinajstić information content (AvgIpc) is 3.26. The molecule has 206 valence electrons. The number of hydrogen-bond acceptors (Lipinski definition) is 8. The lowest BCUT2D eigenvalue weighted by Gasteiger charge is -2.35. The van der Waals surface area contributed by atoms with E-state index in [1.807, 2.05) is 20.8 Å². The molecule has 38 heavy (non-hydrogen) atoms. The Balaban J connectivity index is 1.31. The third kappa shape index (κ3) is 6.92. The van der Waals surface area contributed by atoms with Crippen LogP contribution < -0.4 is 10.2 Å². The molecule has 2 aromatic rings. The largest absolute Gasteiger partial charge is 0.447 e. The second-order valence-electron chi connectivity index (χ2n) is 11.3. The third-order valence-electron chi connectivity index (χ3n) is 6.82. The number of rotatable bonds is 7. The maximum atomic E-state index is 12.3. The van der Waals surface area contributed by atoms with Crippen molar-refractivity contribution in [2.45, 2.75) is 65.8 Å². The number of benzene rings is 1. The van der Waals surface area contributed by atoms with Crippen molar-refractivity contribution < 1.29 is 19.1 Å². The molecule has 4 rings (SSSR count). The van der Waals surface area contributed by atoms with Crippen molar-refractivity contribution in [2.24, 2.45) is 5.92 Å². The van der Waals surface area contributed by atoms with Gasteiger partial charge in [0.25, 0.3) is 0 Å². The predicted octanol–water partition coefficient (Wildman–Crippen LogP) is 4.68. The van der Waals surface area contributed by atoms with Crippen LogP contribution in [0.4, 0.5) is 21.4 Å². The van der Waals surface area contributed by atoms with Gasteiger partial charge in [-0.2, -0.15) is 4.98 Å². The molecular formula is C28H40N6O4. The lowest BCUT2D eigenvalue weighted by atomic mass is 10.0. The number of carbonyl (C=O) groups is 2. The summed E-state index contributed by atoms with van der Waals surface area (Å²) in [5.41, 5.74) is 1.85. The Kier molecular flexibility index (Phi) is 8.40. The third-order valence-corrected chi connectivity index (χ3v) is 6.82. The molecule has 2 amide bonds. The summed E-state index contributed by atoms with van der Waals surface area (Å²) in [6.07, 6.45) is 1.05. The van der Waals surface area contributed by atoms with Crippen LogP contribution in [0.1, 0.15) is 58.7 Å². The van der Waals surface area contributed by atoms with Gasteiger partial charge in [-0.3, -0.25) is 9.80 Å². The molecule has 1 aromatic carbocycles. The molecule has 0 bridgehead atoms. The Bertz CT molecular complexity index is 1110. The molecule has 2 aliphatic heterocycles. The zero-order valence-electron chi connectivity index (χ0n) is 23.3. The number of ether oxygens (including phenoxy) is 2. The number of aromatic nitrogens is 2. The van der Waals surface area contributed by atoms with Crippen LogP contribution in [0, 0.1) is 5.92 Å². The molecule has 2 aliphatic rings. The van der Waals surface area contributed by atoms with Gasteiger partial charge in [0.05, 0.1) is 12.1 Å². The highest BCUT2D eigenvalue weighted by Crippen LogP contribution is 2.27. The molecule has 1 aromatic heterocycles. The first-order chi connectivity index (χ1) is 18.0. The minimum Gasteiger partial charge on any atom is -0.447 e. The average molecular weight is 525 g/mol. The topological polar surface area (TPSA) is 100 Å².